The van der Waals surface area contributed by atoms with Crippen LogP contribution in [0.4, 0.5) is 4.39 Å². The van der Waals surface area contributed by atoms with E-state index in [4.69, 9.17) is 5.11 Å². The van der Waals surface area contributed by atoms with E-state index in [0.29, 0.717) is 0 Å². The molecule has 0 aliphatic heterocycles. The standard InChI is InChI=1S/C10H9FO4S/c11-8-3-1-7(2-4-8)9(12)5-16(15)6-10(13)14/h1-4H,5-6H2,(H,13,14). The number of carbonyl (C=O) groups is 2. The molecule has 0 saturated heterocycles. The van der Waals surface area contributed by atoms with Gasteiger partial charge in [0.1, 0.15) is 11.6 Å². The van der Waals surface area contributed by atoms with Gasteiger partial charge in [-0.05, 0) is 24.3 Å². The summed E-state index contributed by atoms with van der Waals surface area (Å²) in [7, 11) is -1.73. The summed E-state index contributed by atoms with van der Waals surface area (Å²) in [5.41, 5.74) is 0.222. The van der Waals surface area contributed by atoms with E-state index < -0.39 is 34.1 Å². The molecule has 16 heavy (non-hydrogen) atoms. The summed E-state index contributed by atoms with van der Waals surface area (Å²) < 4.78 is 23.7. The molecule has 1 rings (SSSR count). The molecule has 0 aliphatic rings. The van der Waals surface area contributed by atoms with Crippen molar-refractivity contribution in [1.82, 2.24) is 0 Å². The van der Waals surface area contributed by atoms with E-state index in [2.05, 4.69) is 0 Å². The molecule has 0 spiro atoms. The largest absolute Gasteiger partial charge is 0.481 e. The van der Waals surface area contributed by atoms with Crippen LogP contribution in [0.5, 0.6) is 0 Å². The van der Waals surface area contributed by atoms with Gasteiger partial charge in [0.15, 0.2) is 5.78 Å². The van der Waals surface area contributed by atoms with E-state index in [1.54, 1.807) is 0 Å². The van der Waals surface area contributed by atoms with Gasteiger partial charge in [0.25, 0.3) is 0 Å². The molecule has 1 aromatic carbocycles. The average Bonchev–Trinajstić information content (AvgIpc) is 2.16. The number of carbonyl (C=O) groups excluding carboxylic acids is 1. The summed E-state index contributed by atoms with van der Waals surface area (Å²) in [6, 6.07) is 4.78. The number of carboxylic acid groups (broad SMARTS) is 1. The van der Waals surface area contributed by atoms with Crippen LogP contribution < -0.4 is 0 Å². The molecule has 0 aromatic heterocycles. The first-order valence-corrected chi connectivity index (χ1v) is 5.83. The Labute approximate surface area is 93.5 Å². The highest BCUT2D eigenvalue weighted by atomic mass is 32.2. The molecule has 0 bridgehead atoms. The minimum Gasteiger partial charge on any atom is -0.481 e. The number of carboxylic acids is 1. The number of Topliss-reactive ketones (excluding diaryl/α,β-unsaturated/α-hetero) is 1. The third kappa shape index (κ3) is 3.90. The van der Waals surface area contributed by atoms with Gasteiger partial charge < -0.3 is 5.11 Å². The molecule has 1 aromatic rings. The van der Waals surface area contributed by atoms with Crippen molar-refractivity contribution in [3.8, 4) is 0 Å². The van der Waals surface area contributed by atoms with E-state index in [1.807, 2.05) is 0 Å². The quantitative estimate of drug-likeness (QED) is 0.779. The zero-order valence-corrected chi connectivity index (χ0v) is 9.00. The molecule has 0 saturated carbocycles. The zero-order chi connectivity index (χ0) is 12.1. The van der Waals surface area contributed by atoms with Gasteiger partial charge in [-0.1, -0.05) is 0 Å². The lowest BCUT2D eigenvalue weighted by molar-refractivity contribution is -0.133. The predicted octanol–water partition coefficient (Wildman–Crippen LogP) is 0.842. The number of aliphatic carboxylic acids is 1. The Hall–Kier alpha value is -1.56. The van der Waals surface area contributed by atoms with Crippen molar-refractivity contribution in [2.24, 2.45) is 0 Å². The number of hydrogen-bond donors (Lipinski definition) is 1. The van der Waals surface area contributed by atoms with Gasteiger partial charge in [0.05, 0.1) is 5.75 Å². The highest BCUT2D eigenvalue weighted by Crippen LogP contribution is 2.04. The van der Waals surface area contributed by atoms with Crippen molar-refractivity contribution in [2.45, 2.75) is 0 Å². The van der Waals surface area contributed by atoms with E-state index >= 15 is 0 Å². The fraction of sp³-hybridized carbons (Fsp3) is 0.200. The van der Waals surface area contributed by atoms with Crippen molar-refractivity contribution < 1.29 is 23.3 Å². The van der Waals surface area contributed by atoms with Gasteiger partial charge in [-0.25, -0.2) is 4.39 Å². The van der Waals surface area contributed by atoms with Gasteiger partial charge >= 0.3 is 5.97 Å². The molecule has 4 nitrogen and oxygen atoms in total. The van der Waals surface area contributed by atoms with Crippen LogP contribution in [0.25, 0.3) is 0 Å². The highest BCUT2D eigenvalue weighted by molar-refractivity contribution is 7.86. The van der Waals surface area contributed by atoms with E-state index in [0.717, 1.165) is 12.1 Å². The molecular weight excluding hydrogens is 235 g/mol. The number of hydrogen-bond acceptors (Lipinski definition) is 3. The zero-order valence-electron chi connectivity index (χ0n) is 8.18. The topological polar surface area (TPSA) is 71.4 Å². The van der Waals surface area contributed by atoms with Crippen LogP contribution in [-0.4, -0.2) is 32.6 Å². The Kier molecular flexibility index (Phi) is 4.30. The van der Waals surface area contributed by atoms with Crippen LogP contribution in [-0.2, 0) is 15.6 Å². The molecule has 6 heteroatoms. The second-order valence-corrected chi connectivity index (χ2v) is 4.51. The van der Waals surface area contributed by atoms with Crippen LogP contribution in [0.1, 0.15) is 10.4 Å². The van der Waals surface area contributed by atoms with Crippen molar-refractivity contribution in [1.29, 1.82) is 0 Å². The van der Waals surface area contributed by atoms with Crippen molar-refractivity contribution in [3.05, 3.63) is 35.6 Å². The van der Waals surface area contributed by atoms with Crippen LogP contribution in [0.2, 0.25) is 0 Å². The Morgan fingerprint density at radius 2 is 1.75 bits per heavy atom. The maximum atomic E-state index is 12.5. The maximum Gasteiger partial charge on any atom is 0.316 e. The Balaban J connectivity index is 2.62. The Morgan fingerprint density at radius 3 is 2.25 bits per heavy atom. The molecule has 1 unspecified atom stereocenters. The lowest BCUT2D eigenvalue weighted by Crippen LogP contribution is -2.17. The SMILES string of the molecule is O=C(O)CS(=O)CC(=O)c1ccc(F)cc1. The molecule has 1 N–H and O–H groups in total. The molecular formula is C10H9FO4S. The molecule has 0 radical (unpaired) electrons. The second kappa shape index (κ2) is 5.50. The summed E-state index contributed by atoms with van der Waals surface area (Å²) in [6.45, 7) is 0. The summed E-state index contributed by atoms with van der Waals surface area (Å²) >= 11 is 0. The minimum atomic E-state index is -1.73. The molecule has 1 atom stereocenters. The first kappa shape index (κ1) is 12.5. The summed E-state index contributed by atoms with van der Waals surface area (Å²) in [5, 5.41) is 8.35. The predicted molar refractivity (Wildman–Crippen MR) is 56.2 cm³/mol. The maximum absolute atomic E-state index is 12.5. The van der Waals surface area contributed by atoms with Crippen molar-refractivity contribution >= 4 is 22.6 Å². The number of halogens is 1. The monoisotopic (exact) mass is 244 g/mol. The van der Waals surface area contributed by atoms with Gasteiger partial charge in [-0.15, -0.1) is 0 Å². The lowest BCUT2D eigenvalue weighted by Gasteiger charge is -1.99. The molecule has 86 valence electrons. The Morgan fingerprint density at radius 1 is 1.19 bits per heavy atom. The lowest BCUT2D eigenvalue weighted by atomic mass is 10.1. The van der Waals surface area contributed by atoms with E-state index in [9.17, 15) is 18.2 Å². The van der Waals surface area contributed by atoms with Crippen LogP contribution in [0.15, 0.2) is 24.3 Å². The van der Waals surface area contributed by atoms with Gasteiger partial charge in [-0.3, -0.25) is 13.8 Å². The molecule has 0 amide bonds. The van der Waals surface area contributed by atoms with Gasteiger partial charge in [-0.2, -0.15) is 0 Å². The number of benzene rings is 1. The third-order valence-corrected chi connectivity index (χ3v) is 2.90. The fourth-order valence-electron chi connectivity index (χ4n) is 1.05. The number of rotatable bonds is 5. The normalized spacial score (nSPS) is 12.1. The molecule has 0 aliphatic carbocycles. The van der Waals surface area contributed by atoms with Crippen LogP contribution in [0.3, 0.4) is 0 Å². The van der Waals surface area contributed by atoms with Gasteiger partial charge in [0.2, 0.25) is 0 Å². The third-order valence-electron chi connectivity index (χ3n) is 1.74. The van der Waals surface area contributed by atoms with Crippen LogP contribution in [0, 0.1) is 5.82 Å². The van der Waals surface area contributed by atoms with Crippen molar-refractivity contribution in [3.63, 3.8) is 0 Å². The van der Waals surface area contributed by atoms with E-state index in [-0.39, 0.29) is 11.3 Å². The van der Waals surface area contributed by atoms with Crippen LogP contribution >= 0.6 is 0 Å². The first-order valence-electron chi connectivity index (χ1n) is 4.34. The van der Waals surface area contributed by atoms with Crippen molar-refractivity contribution in [2.75, 3.05) is 11.5 Å². The number of ketones is 1. The summed E-state index contributed by atoms with van der Waals surface area (Å²) in [5.74, 6) is -3.07. The highest BCUT2D eigenvalue weighted by Gasteiger charge is 2.13. The molecule has 0 heterocycles. The smallest absolute Gasteiger partial charge is 0.316 e. The average molecular weight is 244 g/mol. The van der Waals surface area contributed by atoms with E-state index in [1.165, 1.54) is 12.1 Å². The minimum absolute atomic E-state index is 0.222. The summed E-state index contributed by atoms with van der Waals surface area (Å²) in [4.78, 5) is 21.7. The second-order valence-electron chi connectivity index (χ2n) is 3.05. The first-order chi connectivity index (χ1) is 7.49. The fourth-order valence-corrected chi connectivity index (χ4v) is 1.89. The molecule has 0 fully saturated rings. The van der Waals surface area contributed by atoms with Gasteiger partial charge in [0, 0.05) is 16.4 Å². The Bertz CT molecular complexity index is 427. The summed E-state index contributed by atoms with van der Waals surface area (Å²) in [6.07, 6.45) is 0.